The van der Waals surface area contributed by atoms with E-state index in [0.29, 0.717) is 6.26 Å². The SMILES string of the molecule is CS(=O)(=O)O.OCCN1CCc2ccccc21. The molecule has 0 unspecified atom stereocenters. The van der Waals surface area contributed by atoms with E-state index >= 15 is 0 Å². The summed E-state index contributed by atoms with van der Waals surface area (Å²) in [4.78, 5) is 2.23. The molecule has 1 aromatic rings. The number of rotatable bonds is 2. The lowest BCUT2D eigenvalue weighted by Crippen LogP contribution is -2.23. The molecular formula is C11H17NO4S. The van der Waals surface area contributed by atoms with Gasteiger partial charge in [0.2, 0.25) is 0 Å². The Balaban J connectivity index is 0.000000249. The van der Waals surface area contributed by atoms with Crippen LogP contribution in [0.4, 0.5) is 5.69 Å². The monoisotopic (exact) mass is 259 g/mol. The topological polar surface area (TPSA) is 77.8 Å². The van der Waals surface area contributed by atoms with Crippen molar-refractivity contribution < 1.29 is 18.1 Å². The van der Waals surface area contributed by atoms with E-state index in [1.807, 2.05) is 0 Å². The van der Waals surface area contributed by atoms with Crippen LogP contribution < -0.4 is 4.90 Å². The van der Waals surface area contributed by atoms with Crippen molar-refractivity contribution in [2.24, 2.45) is 0 Å². The Morgan fingerprint density at radius 1 is 1.35 bits per heavy atom. The molecule has 0 spiro atoms. The zero-order chi connectivity index (χ0) is 12.9. The molecule has 17 heavy (non-hydrogen) atoms. The van der Waals surface area contributed by atoms with Gasteiger partial charge in [-0.3, -0.25) is 4.55 Å². The van der Waals surface area contributed by atoms with E-state index in [9.17, 15) is 8.42 Å². The largest absolute Gasteiger partial charge is 0.395 e. The molecule has 0 radical (unpaired) electrons. The second-order valence-corrected chi connectivity index (χ2v) is 5.29. The summed E-state index contributed by atoms with van der Waals surface area (Å²) in [5, 5.41) is 8.81. The highest BCUT2D eigenvalue weighted by molar-refractivity contribution is 7.85. The minimum atomic E-state index is -3.67. The molecule has 1 heterocycles. The number of aliphatic hydroxyl groups is 1. The number of β-amino-alcohol motifs (C(OH)–C–C–N with tert-alkyl or cyclic N) is 1. The second-order valence-electron chi connectivity index (χ2n) is 3.82. The van der Waals surface area contributed by atoms with Crippen molar-refractivity contribution >= 4 is 15.8 Å². The fourth-order valence-electron chi connectivity index (χ4n) is 1.76. The minimum absolute atomic E-state index is 0.244. The van der Waals surface area contributed by atoms with Gasteiger partial charge in [0.1, 0.15) is 0 Å². The standard InChI is InChI=1S/C10H13NO.CH4O3S/c12-8-7-11-6-5-9-3-1-2-4-10(9)11;1-5(2,3)4/h1-4,12H,5-8H2;1H3,(H,2,3,4). The minimum Gasteiger partial charge on any atom is -0.395 e. The smallest absolute Gasteiger partial charge is 0.261 e. The quantitative estimate of drug-likeness (QED) is 0.758. The van der Waals surface area contributed by atoms with Crippen LogP contribution in [0.2, 0.25) is 0 Å². The third-order valence-corrected chi connectivity index (χ3v) is 2.35. The molecule has 0 fully saturated rings. The second kappa shape index (κ2) is 6.00. The van der Waals surface area contributed by atoms with Gasteiger partial charge in [-0.1, -0.05) is 18.2 Å². The molecule has 0 amide bonds. The molecule has 1 aromatic carbocycles. The van der Waals surface area contributed by atoms with E-state index in [-0.39, 0.29) is 6.61 Å². The van der Waals surface area contributed by atoms with Gasteiger partial charge in [-0.05, 0) is 18.1 Å². The summed E-state index contributed by atoms with van der Waals surface area (Å²) in [5.41, 5.74) is 2.71. The van der Waals surface area contributed by atoms with Crippen molar-refractivity contribution in [2.75, 3.05) is 30.9 Å². The van der Waals surface area contributed by atoms with Crippen LogP contribution in [0.25, 0.3) is 0 Å². The first kappa shape index (κ1) is 14.0. The number of para-hydroxylation sites is 1. The fraction of sp³-hybridized carbons (Fsp3) is 0.455. The molecule has 1 aliphatic heterocycles. The van der Waals surface area contributed by atoms with Crippen molar-refractivity contribution in [3.8, 4) is 0 Å². The summed E-state index contributed by atoms with van der Waals surface area (Å²) in [5.74, 6) is 0. The maximum absolute atomic E-state index is 9.19. The molecule has 0 saturated heterocycles. The summed E-state index contributed by atoms with van der Waals surface area (Å²) in [6, 6.07) is 8.40. The predicted molar refractivity (Wildman–Crippen MR) is 66.9 cm³/mol. The van der Waals surface area contributed by atoms with Gasteiger partial charge in [0.05, 0.1) is 12.9 Å². The van der Waals surface area contributed by atoms with Crippen LogP contribution in [-0.4, -0.2) is 44.0 Å². The first-order valence-electron chi connectivity index (χ1n) is 5.28. The number of hydrogen-bond acceptors (Lipinski definition) is 4. The molecule has 0 atom stereocenters. The molecule has 6 heteroatoms. The summed E-state index contributed by atoms with van der Waals surface area (Å²) in [7, 11) is -3.67. The van der Waals surface area contributed by atoms with Crippen molar-refractivity contribution in [1.82, 2.24) is 0 Å². The summed E-state index contributed by atoms with van der Waals surface area (Å²) in [6.07, 6.45) is 1.84. The molecule has 0 aliphatic carbocycles. The average molecular weight is 259 g/mol. The highest BCUT2D eigenvalue weighted by Gasteiger charge is 2.16. The van der Waals surface area contributed by atoms with Crippen LogP contribution in [0, 0.1) is 0 Å². The van der Waals surface area contributed by atoms with Crippen LogP contribution in [0.3, 0.4) is 0 Å². The maximum atomic E-state index is 9.19. The third-order valence-electron chi connectivity index (χ3n) is 2.35. The van der Waals surface area contributed by atoms with Crippen molar-refractivity contribution in [1.29, 1.82) is 0 Å². The Hall–Kier alpha value is -1.11. The Bertz CT molecular complexity index is 448. The van der Waals surface area contributed by atoms with Crippen molar-refractivity contribution in [2.45, 2.75) is 6.42 Å². The van der Waals surface area contributed by atoms with Crippen LogP contribution in [0.1, 0.15) is 5.56 Å². The van der Waals surface area contributed by atoms with Gasteiger partial charge in [-0.15, -0.1) is 0 Å². The zero-order valence-corrected chi connectivity index (χ0v) is 10.5. The van der Waals surface area contributed by atoms with E-state index < -0.39 is 10.1 Å². The number of aliphatic hydroxyl groups excluding tert-OH is 1. The van der Waals surface area contributed by atoms with Gasteiger partial charge >= 0.3 is 0 Å². The van der Waals surface area contributed by atoms with E-state index in [2.05, 4.69) is 29.2 Å². The van der Waals surface area contributed by atoms with Gasteiger partial charge in [0.25, 0.3) is 10.1 Å². The van der Waals surface area contributed by atoms with Crippen LogP contribution >= 0.6 is 0 Å². The number of anilines is 1. The number of fused-ring (bicyclic) bond motifs is 1. The van der Waals surface area contributed by atoms with Crippen LogP contribution in [-0.2, 0) is 16.5 Å². The molecule has 2 rings (SSSR count). The number of nitrogens with zero attached hydrogens (tertiary/aromatic N) is 1. The highest BCUT2D eigenvalue weighted by atomic mass is 32.2. The van der Waals surface area contributed by atoms with Gasteiger partial charge in [-0.2, -0.15) is 8.42 Å². The van der Waals surface area contributed by atoms with E-state index in [4.69, 9.17) is 9.66 Å². The van der Waals surface area contributed by atoms with Gasteiger partial charge in [0.15, 0.2) is 0 Å². The molecule has 0 bridgehead atoms. The average Bonchev–Trinajstić information content (AvgIpc) is 2.60. The molecule has 96 valence electrons. The Kier molecular flexibility index (Phi) is 4.92. The maximum Gasteiger partial charge on any atom is 0.261 e. The summed E-state index contributed by atoms with van der Waals surface area (Å²) >= 11 is 0. The predicted octanol–water partition coefficient (Wildman–Crippen LogP) is 0.545. The Morgan fingerprint density at radius 2 is 1.94 bits per heavy atom. The Labute approximate surface area is 101 Å². The Morgan fingerprint density at radius 3 is 2.53 bits per heavy atom. The van der Waals surface area contributed by atoms with Crippen molar-refractivity contribution in [3.05, 3.63) is 29.8 Å². The molecule has 5 nitrogen and oxygen atoms in total. The number of hydrogen-bond donors (Lipinski definition) is 2. The van der Waals surface area contributed by atoms with Crippen LogP contribution in [0.15, 0.2) is 24.3 Å². The van der Waals surface area contributed by atoms with Gasteiger partial charge in [-0.25, -0.2) is 0 Å². The molecule has 0 aromatic heterocycles. The third kappa shape index (κ3) is 5.16. The normalized spacial score (nSPS) is 13.9. The summed E-state index contributed by atoms with van der Waals surface area (Å²) in [6.45, 7) is 2.06. The lowest BCUT2D eigenvalue weighted by atomic mass is 10.2. The zero-order valence-electron chi connectivity index (χ0n) is 9.70. The van der Waals surface area contributed by atoms with Gasteiger partial charge < -0.3 is 10.0 Å². The van der Waals surface area contributed by atoms with Gasteiger partial charge in [0, 0.05) is 18.8 Å². The van der Waals surface area contributed by atoms with Crippen LogP contribution in [0.5, 0.6) is 0 Å². The van der Waals surface area contributed by atoms with E-state index in [0.717, 1.165) is 19.5 Å². The first-order valence-corrected chi connectivity index (χ1v) is 7.13. The molecule has 2 N–H and O–H groups in total. The lowest BCUT2D eigenvalue weighted by molar-refractivity contribution is 0.303. The fourth-order valence-corrected chi connectivity index (χ4v) is 1.76. The number of benzene rings is 1. The summed E-state index contributed by atoms with van der Waals surface area (Å²) < 4.78 is 25.9. The first-order chi connectivity index (χ1) is 7.92. The van der Waals surface area contributed by atoms with Crippen molar-refractivity contribution in [3.63, 3.8) is 0 Å². The van der Waals surface area contributed by atoms with E-state index in [1.54, 1.807) is 0 Å². The molecular weight excluding hydrogens is 242 g/mol. The molecule has 0 saturated carbocycles. The highest BCUT2D eigenvalue weighted by Crippen LogP contribution is 2.26. The molecule has 1 aliphatic rings. The lowest BCUT2D eigenvalue weighted by Gasteiger charge is -2.17. The van der Waals surface area contributed by atoms with E-state index in [1.165, 1.54) is 11.3 Å².